The zero-order chi connectivity index (χ0) is 25.8. The predicted molar refractivity (Wildman–Crippen MR) is 143 cm³/mol. The average Bonchev–Trinajstić information content (AvgIpc) is 3.34. The third kappa shape index (κ3) is 5.54. The van der Waals surface area contributed by atoms with E-state index in [1.54, 1.807) is 6.33 Å². The molecule has 2 amide bonds. The molecular formula is C29H35N5O3. The topological polar surface area (TPSA) is 81.9 Å². The summed E-state index contributed by atoms with van der Waals surface area (Å²) in [7, 11) is 2.17. The summed E-state index contributed by atoms with van der Waals surface area (Å²) in [5.74, 6) is -0.138. The quantitative estimate of drug-likeness (QED) is 0.550. The zero-order valence-corrected chi connectivity index (χ0v) is 21.4. The fourth-order valence-corrected chi connectivity index (χ4v) is 5.67. The Labute approximate surface area is 218 Å². The number of likely N-dealkylation sites (N-methyl/N-ethyl adjacent to an activating group) is 1. The summed E-state index contributed by atoms with van der Waals surface area (Å²) in [6.07, 6.45) is 5.00. The molecule has 194 valence electrons. The highest BCUT2D eigenvalue weighted by Crippen LogP contribution is 2.28. The summed E-state index contributed by atoms with van der Waals surface area (Å²) >= 11 is 0. The Kier molecular flexibility index (Phi) is 7.55. The number of rotatable bonds is 6. The minimum absolute atomic E-state index is 0.138. The third-order valence-corrected chi connectivity index (χ3v) is 7.74. The van der Waals surface area contributed by atoms with Crippen LogP contribution in [-0.4, -0.2) is 86.7 Å². The second kappa shape index (κ2) is 11.2. The Morgan fingerprint density at radius 3 is 2.38 bits per heavy atom. The van der Waals surface area contributed by atoms with Gasteiger partial charge in [0.1, 0.15) is 0 Å². The van der Waals surface area contributed by atoms with Crippen LogP contribution in [-0.2, 0) is 13.0 Å². The maximum Gasteiger partial charge on any atom is 0.407 e. The molecule has 0 bridgehead atoms. The van der Waals surface area contributed by atoms with Crippen molar-refractivity contribution in [2.45, 2.75) is 44.3 Å². The van der Waals surface area contributed by atoms with Gasteiger partial charge in [0.15, 0.2) is 5.69 Å². The van der Waals surface area contributed by atoms with Crippen molar-refractivity contribution < 1.29 is 14.7 Å². The highest BCUT2D eigenvalue weighted by Gasteiger charge is 2.35. The molecule has 8 nitrogen and oxygen atoms in total. The van der Waals surface area contributed by atoms with Crippen LogP contribution in [0.15, 0.2) is 67.0 Å². The number of imidazole rings is 1. The van der Waals surface area contributed by atoms with E-state index in [-0.39, 0.29) is 18.5 Å². The fourth-order valence-electron chi connectivity index (χ4n) is 5.67. The van der Waals surface area contributed by atoms with Crippen molar-refractivity contribution in [3.8, 4) is 11.3 Å². The smallest absolute Gasteiger partial charge is 0.407 e. The lowest BCUT2D eigenvalue weighted by Crippen LogP contribution is -2.57. The molecule has 2 atom stereocenters. The van der Waals surface area contributed by atoms with Crippen LogP contribution in [0.4, 0.5) is 4.79 Å². The Morgan fingerprint density at radius 1 is 0.946 bits per heavy atom. The number of likely N-dealkylation sites (tertiary alicyclic amines) is 1. The number of hydrogen-bond acceptors (Lipinski definition) is 4. The van der Waals surface area contributed by atoms with E-state index in [1.165, 1.54) is 17.7 Å². The van der Waals surface area contributed by atoms with Gasteiger partial charge < -0.3 is 24.4 Å². The highest BCUT2D eigenvalue weighted by atomic mass is 16.4. The number of aromatic nitrogens is 2. The van der Waals surface area contributed by atoms with Crippen molar-refractivity contribution in [1.82, 2.24) is 24.3 Å². The summed E-state index contributed by atoms with van der Waals surface area (Å²) in [6, 6.07) is 20.1. The predicted octanol–water partition coefficient (Wildman–Crippen LogP) is 4.08. The second-order valence-electron chi connectivity index (χ2n) is 10.2. The number of piperazine rings is 1. The van der Waals surface area contributed by atoms with Gasteiger partial charge in [0, 0.05) is 37.8 Å². The third-order valence-electron chi connectivity index (χ3n) is 7.74. The van der Waals surface area contributed by atoms with Crippen LogP contribution in [0.3, 0.4) is 0 Å². The van der Waals surface area contributed by atoms with Crippen LogP contribution < -0.4 is 0 Å². The van der Waals surface area contributed by atoms with Crippen LogP contribution in [0.1, 0.15) is 35.3 Å². The molecule has 2 aromatic carbocycles. The van der Waals surface area contributed by atoms with Crippen molar-refractivity contribution in [3.63, 3.8) is 0 Å². The molecule has 0 saturated carbocycles. The lowest BCUT2D eigenvalue weighted by Gasteiger charge is -2.40. The SMILES string of the molecule is CN1CCCCC1Cn1cnc(C(=O)N2CCN(C(=O)O)C[C@H]2Cc2ccccc2)c1-c1ccccc1. The minimum atomic E-state index is -0.948. The van der Waals surface area contributed by atoms with Crippen molar-refractivity contribution in [3.05, 3.63) is 78.2 Å². The van der Waals surface area contributed by atoms with Crippen molar-refractivity contribution in [2.75, 3.05) is 33.2 Å². The Hall–Kier alpha value is -3.65. The first-order chi connectivity index (χ1) is 18.0. The van der Waals surface area contributed by atoms with Gasteiger partial charge in [-0.2, -0.15) is 0 Å². The van der Waals surface area contributed by atoms with Crippen LogP contribution >= 0.6 is 0 Å². The van der Waals surface area contributed by atoms with E-state index in [4.69, 9.17) is 0 Å². The molecule has 2 fully saturated rings. The maximum absolute atomic E-state index is 14.1. The van der Waals surface area contributed by atoms with Crippen molar-refractivity contribution in [2.24, 2.45) is 0 Å². The number of piperidine rings is 1. The maximum atomic E-state index is 14.1. The van der Waals surface area contributed by atoms with Gasteiger partial charge in [0.25, 0.3) is 5.91 Å². The molecule has 1 unspecified atom stereocenters. The van der Waals surface area contributed by atoms with E-state index >= 15 is 0 Å². The molecule has 37 heavy (non-hydrogen) atoms. The molecule has 3 heterocycles. The molecule has 2 aliphatic rings. The molecular weight excluding hydrogens is 466 g/mol. The zero-order valence-electron chi connectivity index (χ0n) is 21.4. The van der Waals surface area contributed by atoms with E-state index < -0.39 is 6.09 Å². The molecule has 8 heteroatoms. The minimum Gasteiger partial charge on any atom is -0.465 e. The van der Waals surface area contributed by atoms with E-state index in [0.29, 0.717) is 31.2 Å². The van der Waals surface area contributed by atoms with Gasteiger partial charge >= 0.3 is 6.09 Å². The standard InChI is InChI=1S/C29H35N5O3/c1-31-15-9-8-14-24(31)19-33-21-30-26(27(33)23-12-6-3-7-13-23)28(35)34-17-16-32(29(36)37)20-25(34)18-22-10-4-2-5-11-22/h2-7,10-13,21,24-25H,8-9,14-20H2,1H3,(H,36,37)/t24?,25-/m1/s1. The molecule has 0 aliphatic carbocycles. The molecule has 1 aromatic heterocycles. The Morgan fingerprint density at radius 2 is 1.68 bits per heavy atom. The number of carboxylic acid groups (broad SMARTS) is 1. The van der Waals surface area contributed by atoms with E-state index in [0.717, 1.165) is 36.3 Å². The molecule has 2 saturated heterocycles. The van der Waals surface area contributed by atoms with Crippen molar-refractivity contribution in [1.29, 1.82) is 0 Å². The molecule has 5 rings (SSSR count). The molecule has 1 N–H and O–H groups in total. The average molecular weight is 502 g/mol. The monoisotopic (exact) mass is 501 g/mol. The number of carbonyl (C=O) groups is 2. The number of hydrogen-bond donors (Lipinski definition) is 1. The lowest BCUT2D eigenvalue weighted by molar-refractivity contribution is 0.0447. The second-order valence-corrected chi connectivity index (χ2v) is 10.2. The van der Waals surface area contributed by atoms with Crippen LogP contribution in [0.5, 0.6) is 0 Å². The van der Waals surface area contributed by atoms with Gasteiger partial charge in [-0.1, -0.05) is 67.1 Å². The first-order valence-electron chi connectivity index (χ1n) is 13.1. The number of benzene rings is 2. The van der Waals surface area contributed by atoms with E-state index in [9.17, 15) is 14.7 Å². The molecule has 2 aliphatic heterocycles. The van der Waals surface area contributed by atoms with Gasteiger partial charge in [-0.25, -0.2) is 9.78 Å². The van der Waals surface area contributed by atoms with Gasteiger partial charge in [-0.3, -0.25) is 4.79 Å². The number of nitrogens with zero attached hydrogens (tertiary/aromatic N) is 5. The Bertz CT molecular complexity index is 1210. The fraction of sp³-hybridized carbons (Fsp3) is 0.414. The van der Waals surface area contributed by atoms with Gasteiger partial charge in [-0.15, -0.1) is 0 Å². The van der Waals surface area contributed by atoms with E-state index in [1.807, 2.05) is 65.6 Å². The largest absolute Gasteiger partial charge is 0.465 e. The van der Waals surface area contributed by atoms with E-state index in [2.05, 4.69) is 21.5 Å². The summed E-state index contributed by atoms with van der Waals surface area (Å²) in [5, 5.41) is 9.64. The summed E-state index contributed by atoms with van der Waals surface area (Å²) < 4.78 is 2.13. The summed E-state index contributed by atoms with van der Waals surface area (Å²) in [6.45, 7) is 2.78. The number of amides is 2. The lowest BCUT2D eigenvalue weighted by atomic mass is 10.0. The Balaban J connectivity index is 1.47. The normalized spacial score (nSPS) is 20.7. The van der Waals surface area contributed by atoms with Crippen LogP contribution in [0.2, 0.25) is 0 Å². The number of carbonyl (C=O) groups excluding carboxylic acids is 1. The summed E-state index contributed by atoms with van der Waals surface area (Å²) in [4.78, 5) is 36.2. The van der Waals surface area contributed by atoms with Crippen LogP contribution in [0, 0.1) is 0 Å². The van der Waals surface area contributed by atoms with Crippen LogP contribution in [0.25, 0.3) is 11.3 Å². The van der Waals surface area contributed by atoms with Crippen molar-refractivity contribution >= 4 is 12.0 Å². The first kappa shape index (κ1) is 25.0. The van der Waals surface area contributed by atoms with Gasteiger partial charge in [-0.05, 0) is 38.4 Å². The highest BCUT2D eigenvalue weighted by molar-refractivity contribution is 5.98. The van der Waals surface area contributed by atoms with Gasteiger partial charge in [0.05, 0.1) is 18.1 Å². The molecule has 3 aromatic rings. The molecule has 0 radical (unpaired) electrons. The molecule has 0 spiro atoms. The van der Waals surface area contributed by atoms with Gasteiger partial charge in [0.2, 0.25) is 0 Å². The summed E-state index contributed by atoms with van der Waals surface area (Å²) in [5.41, 5.74) is 3.31. The first-order valence-corrected chi connectivity index (χ1v) is 13.1.